The average Bonchev–Trinajstić information content (AvgIpc) is 2.20. The van der Waals surface area contributed by atoms with Crippen LogP contribution in [0.15, 0.2) is 18.5 Å². The molecule has 0 aliphatic heterocycles. The summed E-state index contributed by atoms with van der Waals surface area (Å²) in [4.78, 5) is 0. The van der Waals surface area contributed by atoms with Gasteiger partial charge >= 0.3 is 0 Å². The third-order valence-corrected chi connectivity index (χ3v) is 2.44. The molecule has 0 aliphatic carbocycles. The lowest BCUT2D eigenvalue weighted by Gasteiger charge is -1.92. The zero-order chi connectivity index (χ0) is 7.56. The van der Waals surface area contributed by atoms with Crippen molar-refractivity contribution >= 4 is 28.9 Å². The van der Waals surface area contributed by atoms with Gasteiger partial charge in [0.05, 0.1) is 22.9 Å². The summed E-state index contributed by atoms with van der Waals surface area (Å²) in [6.07, 6.45) is 5.45. The van der Waals surface area contributed by atoms with E-state index in [-0.39, 0.29) is 0 Å². The summed E-state index contributed by atoms with van der Waals surface area (Å²) in [7, 11) is 0. The summed E-state index contributed by atoms with van der Waals surface area (Å²) in [6, 6.07) is 2.03. The maximum absolute atomic E-state index is 5.25. The quantitative estimate of drug-likeness (QED) is 0.756. The van der Waals surface area contributed by atoms with Crippen LogP contribution < -0.4 is 5.73 Å². The first-order valence-electron chi connectivity index (χ1n) is 2.98. The number of rotatable bonds is 1. The zero-order valence-corrected chi connectivity index (χ0v) is 7.87. The predicted molar refractivity (Wildman–Crippen MR) is 51.8 cm³/mol. The Morgan fingerprint density at radius 2 is 2.40 bits per heavy atom. The van der Waals surface area contributed by atoms with Crippen molar-refractivity contribution in [1.29, 1.82) is 0 Å². The highest BCUT2D eigenvalue weighted by molar-refractivity contribution is 14.1. The molecule has 0 aromatic carbocycles. The minimum Gasteiger partial charge on any atom is -0.405 e. The smallest absolute Gasteiger partial charge is 0.0637 e. The molecule has 0 saturated heterocycles. The van der Waals surface area contributed by atoms with Gasteiger partial charge in [0, 0.05) is 11.9 Å². The van der Waals surface area contributed by atoms with Crippen LogP contribution in [0.1, 0.15) is 11.3 Å². The molecule has 1 rings (SSSR count). The van der Waals surface area contributed by atoms with Crippen LogP contribution >= 0.6 is 22.9 Å². The molecule has 1 aromatic heterocycles. The van der Waals surface area contributed by atoms with E-state index >= 15 is 0 Å². The minimum atomic E-state index is 1.18. The fourth-order valence-electron chi connectivity index (χ4n) is 0.781. The number of aromatic nitrogens is 1. The molecule has 0 aliphatic rings. The van der Waals surface area contributed by atoms with E-state index in [9.17, 15) is 0 Å². The van der Waals surface area contributed by atoms with Gasteiger partial charge in [0.2, 0.25) is 0 Å². The minimum absolute atomic E-state index is 1.18. The van der Waals surface area contributed by atoms with E-state index < -0.39 is 0 Å². The van der Waals surface area contributed by atoms with Gasteiger partial charge in [0.25, 0.3) is 0 Å². The molecule has 1 heterocycles. The molecular weight excluding hydrogens is 239 g/mol. The van der Waals surface area contributed by atoms with E-state index in [0.29, 0.717) is 0 Å². The SMILES string of the molecule is Cc1c(/C=C\N)ccn1I. The number of halogens is 1. The molecule has 0 unspecified atom stereocenters. The van der Waals surface area contributed by atoms with Crippen LogP contribution in [-0.4, -0.2) is 2.78 Å². The number of hydrogen-bond acceptors (Lipinski definition) is 1. The molecule has 0 fully saturated rings. The molecule has 0 amide bonds. The highest BCUT2D eigenvalue weighted by atomic mass is 127. The van der Waals surface area contributed by atoms with E-state index in [0.717, 1.165) is 0 Å². The third-order valence-electron chi connectivity index (χ3n) is 1.40. The van der Waals surface area contributed by atoms with Gasteiger partial charge in [-0.1, -0.05) is 0 Å². The number of nitrogens with zero attached hydrogens (tertiary/aromatic N) is 1. The first kappa shape index (κ1) is 7.65. The Hall–Kier alpha value is -0.450. The fourth-order valence-corrected chi connectivity index (χ4v) is 1.22. The summed E-state index contributed by atoms with van der Waals surface area (Å²) in [5.41, 5.74) is 7.65. The van der Waals surface area contributed by atoms with E-state index in [1.165, 1.54) is 11.3 Å². The van der Waals surface area contributed by atoms with Gasteiger partial charge in [-0.2, -0.15) is 0 Å². The van der Waals surface area contributed by atoms with Gasteiger partial charge in [-0.25, -0.2) is 0 Å². The van der Waals surface area contributed by atoms with Crippen LogP contribution in [0.25, 0.3) is 6.08 Å². The van der Waals surface area contributed by atoms with Crippen molar-refractivity contribution in [3.05, 3.63) is 29.7 Å². The molecule has 2 nitrogen and oxygen atoms in total. The van der Waals surface area contributed by atoms with E-state index in [2.05, 4.69) is 29.8 Å². The molecule has 0 atom stereocenters. The van der Waals surface area contributed by atoms with Crippen LogP contribution in [0.4, 0.5) is 0 Å². The third kappa shape index (κ3) is 1.34. The Morgan fingerprint density at radius 1 is 1.70 bits per heavy atom. The summed E-state index contributed by atoms with van der Waals surface area (Å²) >= 11 is 2.23. The molecule has 54 valence electrons. The average molecular weight is 248 g/mol. The zero-order valence-electron chi connectivity index (χ0n) is 5.71. The van der Waals surface area contributed by atoms with Gasteiger partial charge in [0.1, 0.15) is 0 Å². The normalized spacial score (nSPS) is 11.0. The fraction of sp³-hybridized carbons (Fsp3) is 0.143. The van der Waals surface area contributed by atoms with Crippen molar-refractivity contribution in [2.24, 2.45) is 5.73 Å². The van der Waals surface area contributed by atoms with Gasteiger partial charge in [-0.15, -0.1) is 0 Å². The second-order valence-electron chi connectivity index (χ2n) is 2.03. The van der Waals surface area contributed by atoms with Crippen LogP contribution in [0.5, 0.6) is 0 Å². The Morgan fingerprint density at radius 3 is 2.80 bits per heavy atom. The molecule has 1 aromatic rings. The maximum atomic E-state index is 5.25. The summed E-state index contributed by atoms with van der Waals surface area (Å²) in [6.45, 7) is 2.06. The van der Waals surface area contributed by atoms with Crippen LogP contribution in [0, 0.1) is 6.92 Å². The number of nitrogens with two attached hydrogens (primary N) is 1. The largest absolute Gasteiger partial charge is 0.405 e. The van der Waals surface area contributed by atoms with Gasteiger partial charge < -0.3 is 5.73 Å². The molecular formula is C7H9IN2. The monoisotopic (exact) mass is 248 g/mol. The summed E-state index contributed by atoms with van der Waals surface area (Å²) in [5.74, 6) is 0. The topological polar surface area (TPSA) is 30.9 Å². The highest BCUT2D eigenvalue weighted by Crippen LogP contribution is 2.13. The van der Waals surface area contributed by atoms with E-state index in [4.69, 9.17) is 5.73 Å². The Bertz CT molecular complexity index is 250. The molecule has 3 heteroatoms. The first-order valence-corrected chi connectivity index (χ1v) is 3.94. The molecule has 0 spiro atoms. The lowest BCUT2D eigenvalue weighted by molar-refractivity contribution is 1.22. The van der Waals surface area contributed by atoms with Gasteiger partial charge in [0.15, 0.2) is 0 Å². The molecule has 2 N–H and O–H groups in total. The summed E-state index contributed by atoms with van der Waals surface area (Å²) in [5, 5.41) is 0. The van der Waals surface area contributed by atoms with E-state index in [1.54, 1.807) is 6.20 Å². The van der Waals surface area contributed by atoms with Gasteiger partial charge in [-0.3, -0.25) is 2.78 Å². The van der Waals surface area contributed by atoms with Crippen molar-refractivity contribution in [3.63, 3.8) is 0 Å². The second-order valence-corrected chi connectivity index (χ2v) is 3.07. The summed E-state index contributed by atoms with van der Waals surface area (Å²) < 4.78 is 2.03. The number of hydrogen-bond donors (Lipinski definition) is 1. The van der Waals surface area contributed by atoms with Crippen molar-refractivity contribution in [2.75, 3.05) is 0 Å². The standard InChI is InChI=1S/C7H9IN2/c1-6-7(2-4-9)3-5-10(6)8/h2-5H,9H2,1H3/b4-2-. The second kappa shape index (κ2) is 3.09. The van der Waals surface area contributed by atoms with Crippen LogP contribution in [0.2, 0.25) is 0 Å². The molecule has 0 radical (unpaired) electrons. The maximum Gasteiger partial charge on any atom is 0.0637 e. The molecule has 0 saturated carbocycles. The van der Waals surface area contributed by atoms with Crippen molar-refractivity contribution in [1.82, 2.24) is 2.78 Å². The lowest BCUT2D eigenvalue weighted by Crippen LogP contribution is -1.82. The Kier molecular flexibility index (Phi) is 2.37. The Balaban J connectivity index is 3.05. The Labute approximate surface area is 74.2 Å². The van der Waals surface area contributed by atoms with Crippen molar-refractivity contribution in [2.45, 2.75) is 6.92 Å². The van der Waals surface area contributed by atoms with E-state index in [1.807, 2.05) is 21.1 Å². The van der Waals surface area contributed by atoms with Crippen molar-refractivity contribution in [3.8, 4) is 0 Å². The molecule has 10 heavy (non-hydrogen) atoms. The van der Waals surface area contributed by atoms with Crippen molar-refractivity contribution < 1.29 is 0 Å². The highest BCUT2D eigenvalue weighted by Gasteiger charge is 1.96. The molecule has 0 bridgehead atoms. The predicted octanol–water partition coefficient (Wildman–Crippen LogP) is 1.92. The lowest BCUT2D eigenvalue weighted by atomic mass is 10.2. The van der Waals surface area contributed by atoms with Gasteiger partial charge in [-0.05, 0) is 30.8 Å². The van der Waals surface area contributed by atoms with Crippen LogP contribution in [0.3, 0.4) is 0 Å². The van der Waals surface area contributed by atoms with Crippen LogP contribution in [-0.2, 0) is 0 Å². The first-order chi connectivity index (χ1) is 4.75.